The molecule has 0 unspecified atom stereocenters. The summed E-state index contributed by atoms with van der Waals surface area (Å²) in [5.74, 6) is -0.874. The van der Waals surface area contributed by atoms with Gasteiger partial charge in [-0.3, -0.25) is 0 Å². The summed E-state index contributed by atoms with van der Waals surface area (Å²) in [5.41, 5.74) is -1.06. The molecule has 0 radical (unpaired) electrons. The zero-order valence-corrected chi connectivity index (χ0v) is 15.0. The smallest absolute Gasteiger partial charge is 0.352 e. The molecule has 2 N–H and O–H groups in total. The molecule has 0 saturated carbocycles. The van der Waals surface area contributed by atoms with Gasteiger partial charge in [0.25, 0.3) is 0 Å². The highest BCUT2D eigenvalue weighted by atomic mass is 127. The zero-order valence-electron chi connectivity index (χ0n) is 12.9. The molecule has 0 saturated heterocycles. The monoisotopic (exact) mass is 454 g/mol. The molecular formula is C15H15F4IN4. The molecule has 4 nitrogen and oxygen atoms in total. The minimum absolute atomic E-state index is 0.0386. The lowest BCUT2D eigenvalue weighted by atomic mass is 10.2. The van der Waals surface area contributed by atoms with E-state index in [-0.39, 0.29) is 23.5 Å². The number of rotatable bonds is 5. The fraction of sp³-hybridized carbons (Fsp3) is 0.333. The van der Waals surface area contributed by atoms with Gasteiger partial charge in [0, 0.05) is 15.7 Å². The maximum atomic E-state index is 13.9. The van der Waals surface area contributed by atoms with Crippen LogP contribution in [0.3, 0.4) is 0 Å². The van der Waals surface area contributed by atoms with E-state index < -0.39 is 17.7 Å². The lowest BCUT2D eigenvalue weighted by Crippen LogP contribution is -2.18. The van der Waals surface area contributed by atoms with E-state index in [4.69, 9.17) is 0 Å². The van der Waals surface area contributed by atoms with Gasteiger partial charge < -0.3 is 10.6 Å². The molecule has 2 aromatic rings. The summed E-state index contributed by atoms with van der Waals surface area (Å²) in [5, 5.41) is 5.37. The molecule has 0 aliphatic rings. The number of halogens is 5. The summed E-state index contributed by atoms with van der Waals surface area (Å²) in [6.45, 7) is 3.68. The molecule has 1 heterocycles. The molecule has 0 spiro atoms. The first-order valence-electron chi connectivity index (χ1n) is 7.14. The lowest BCUT2D eigenvalue weighted by Gasteiger charge is -2.15. The third kappa shape index (κ3) is 4.92. The number of nitrogens with zero attached hydrogens (tertiary/aromatic N) is 2. The molecule has 2 rings (SSSR count). The number of aromatic nitrogens is 2. The Bertz CT molecular complexity index is 721. The van der Waals surface area contributed by atoms with Gasteiger partial charge in [0.05, 0.1) is 5.69 Å². The van der Waals surface area contributed by atoms with Crippen LogP contribution in [0.5, 0.6) is 0 Å². The van der Waals surface area contributed by atoms with Crippen molar-refractivity contribution in [3.63, 3.8) is 0 Å². The van der Waals surface area contributed by atoms with Gasteiger partial charge in [0.2, 0.25) is 5.95 Å². The van der Waals surface area contributed by atoms with Crippen LogP contribution < -0.4 is 10.6 Å². The third-order valence-electron chi connectivity index (χ3n) is 3.20. The van der Waals surface area contributed by atoms with Gasteiger partial charge in [0.15, 0.2) is 5.69 Å². The second-order valence-electron chi connectivity index (χ2n) is 5.16. The van der Waals surface area contributed by atoms with Crippen LogP contribution in [0, 0.1) is 9.39 Å². The van der Waals surface area contributed by atoms with Gasteiger partial charge in [-0.15, -0.1) is 0 Å². The second kappa shape index (κ2) is 7.49. The normalized spacial score (nSPS) is 12.8. The SMILES string of the molecule is CC[C@@H](C)Nc1nc(Nc2ccc(I)cc2F)cc(C(F)(F)F)n1. The van der Waals surface area contributed by atoms with Crippen molar-refractivity contribution in [3.05, 3.63) is 39.3 Å². The highest BCUT2D eigenvalue weighted by Gasteiger charge is 2.34. The molecule has 9 heteroatoms. The van der Waals surface area contributed by atoms with E-state index in [0.29, 0.717) is 9.99 Å². The maximum absolute atomic E-state index is 13.9. The predicted molar refractivity (Wildman–Crippen MR) is 92.8 cm³/mol. The molecule has 0 fully saturated rings. The van der Waals surface area contributed by atoms with Crippen molar-refractivity contribution in [3.8, 4) is 0 Å². The summed E-state index contributed by atoms with van der Waals surface area (Å²) in [4.78, 5) is 7.48. The van der Waals surface area contributed by atoms with Gasteiger partial charge in [-0.1, -0.05) is 6.92 Å². The van der Waals surface area contributed by atoms with Crippen molar-refractivity contribution in [1.29, 1.82) is 0 Å². The summed E-state index contributed by atoms with van der Waals surface area (Å²) in [7, 11) is 0. The fourth-order valence-corrected chi connectivity index (χ4v) is 2.23. The maximum Gasteiger partial charge on any atom is 0.433 e. The predicted octanol–water partition coefficient (Wildman–Crippen LogP) is 5.19. The minimum atomic E-state index is -4.63. The molecule has 130 valence electrons. The second-order valence-corrected chi connectivity index (χ2v) is 6.41. The van der Waals surface area contributed by atoms with Gasteiger partial charge in [0.1, 0.15) is 11.6 Å². The summed E-state index contributed by atoms with van der Waals surface area (Å²) in [6, 6.07) is 4.99. The summed E-state index contributed by atoms with van der Waals surface area (Å²) < 4.78 is 53.6. The van der Waals surface area contributed by atoms with Crippen LogP contribution >= 0.6 is 22.6 Å². The Morgan fingerprint density at radius 3 is 2.50 bits per heavy atom. The lowest BCUT2D eigenvalue weighted by molar-refractivity contribution is -0.141. The van der Waals surface area contributed by atoms with E-state index in [2.05, 4.69) is 20.6 Å². The Hall–Kier alpha value is -1.65. The molecule has 0 bridgehead atoms. The number of benzene rings is 1. The first kappa shape index (κ1) is 18.7. The van der Waals surface area contributed by atoms with E-state index in [9.17, 15) is 17.6 Å². The molecule has 24 heavy (non-hydrogen) atoms. The van der Waals surface area contributed by atoms with E-state index in [1.54, 1.807) is 13.0 Å². The van der Waals surface area contributed by atoms with Crippen molar-refractivity contribution in [2.75, 3.05) is 10.6 Å². The Kier molecular flexibility index (Phi) is 5.83. The standard InChI is InChI=1S/C15H15F4IN4/c1-3-8(2)21-14-23-12(15(17,18)19)7-13(24-14)22-11-5-4-9(20)6-10(11)16/h4-8H,3H2,1-2H3,(H2,21,22,23,24)/t8-/m1/s1. The Morgan fingerprint density at radius 1 is 1.21 bits per heavy atom. The van der Waals surface area contributed by atoms with E-state index in [0.717, 1.165) is 6.07 Å². The number of hydrogen-bond acceptors (Lipinski definition) is 4. The molecule has 1 aromatic carbocycles. The fourth-order valence-electron chi connectivity index (χ4n) is 1.77. The van der Waals surface area contributed by atoms with Crippen molar-refractivity contribution < 1.29 is 17.6 Å². The molecule has 0 aliphatic heterocycles. The Morgan fingerprint density at radius 2 is 1.92 bits per heavy atom. The van der Waals surface area contributed by atoms with Crippen LogP contribution in [0.1, 0.15) is 26.0 Å². The van der Waals surface area contributed by atoms with Crippen LogP contribution in [0.25, 0.3) is 0 Å². The van der Waals surface area contributed by atoms with Crippen molar-refractivity contribution >= 4 is 40.0 Å². The van der Waals surface area contributed by atoms with Crippen LogP contribution in [-0.4, -0.2) is 16.0 Å². The Labute approximate surface area is 150 Å². The van der Waals surface area contributed by atoms with Gasteiger partial charge in [-0.25, -0.2) is 9.37 Å². The quantitative estimate of drug-likeness (QED) is 0.482. The molecule has 1 atom stereocenters. The number of nitrogens with one attached hydrogen (secondary N) is 2. The third-order valence-corrected chi connectivity index (χ3v) is 3.87. The van der Waals surface area contributed by atoms with Crippen molar-refractivity contribution in [2.45, 2.75) is 32.5 Å². The largest absolute Gasteiger partial charge is 0.433 e. The van der Waals surface area contributed by atoms with Crippen molar-refractivity contribution in [2.24, 2.45) is 0 Å². The van der Waals surface area contributed by atoms with Gasteiger partial charge >= 0.3 is 6.18 Å². The Balaban J connectivity index is 2.38. The van der Waals surface area contributed by atoms with E-state index >= 15 is 0 Å². The topological polar surface area (TPSA) is 49.8 Å². The van der Waals surface area contributed by atoms with Crippen LogP contribution in [0.4, 0.5) is 35.0 Å². The van der Waals surface area contributed by atoms with Crippen LogP contribution in [0.2, 0.25) is 0 Å². The number of alkyl halides is 3. The van der Waals surface area contributed by atoms with E-state index in [1.807, 2.05) is 29.5 Å². The number of hydrogen-bond donors (Lipinski definition) is 2. The number of anilines is 3. The summed E-state index contributed by atoms with van der Waals surface area (Å²) in [6.07, 6.45) is -3.94. The molecule has 1 aromatic heterocycles. The van der Waals surface area contributed by atoms with Crippen molar-refractivity contribution in [1.82, 2.24) is 9.97 Å². The zero-order chi connectivity index (χ0) is 17.9. The highest BCUT2D eigenvalue weighted by molar-refractivity contribution is 14.1. The van der Waals surface area contributed by atoms with Crippen LogP contribution in [0.15, 0.2) is 24.3 Å². The molecule has 0 aliphatic carbocycles. The first-order chi connectivity index (χ1) is 11.2. The van der Waals surface area contributed by atoms with Crippen LogP contribution in [-0.2, 0) is 6.18 Å². The summed E-state index contributed by atoms with van der Waals surface area (Å²) >= 11 is 1.94. The highest BCUT2D eigenvalue weighted by Crippen LogP contribution is 2.31. The minimum Gasteiger partial charge on any atom is -0.352 e. The molecule has 0 amide bonds. The van der Waals surface area contributed by atoms with Gasteiger partial charge in [-0.05, 0) is 54.1 Å². The van der Waals surface area contributed by atoms with E-state index in [1.165, 1.54) is 12.1 Å². The average molecular weight is 454 g/mol. The molecular weight excluding hydrogens is 439 g/mol. The average Bonchev–Trinajstić information content (AvgIpc) is 2.49. The van der Waals surface area contributed by atoms with Gasteiger partial charge in [-0.2, -0.15) is 18.2 Å². The first-order valence-corrected chi connectivity index (χ1v) is 8.21.